The van der Waals surface area contributed by atoms with Gasteiger partial charge in [0.2, 0.25) is 0 Å². The van der Waals surface area contributed by atoms with Crippen molar-refractivity contribution in [2.24, 2.45) is 0 Å². The first-order chi connectivity index (χ1) is 29.7. The maximum atomic E-state index is 12.9. The molecule has 0 bridgehead atoms. The van der Waals surface area contributed by atoms with Gasteiger partial charge >= 0.3 is 17.9 Å². The van der Waals surface area contributed by atoms with Gasteiger partial charge in [0.1, 0.15) is 23.0 Å². The van der Waals surface area contributed by atoms with Crippen molar-refractivity contribution in [3.63, 3.8) is 0 Å². The van der Waals surface area contributed by atoms with Gasteiger partial charge in [-0.15, -0.1) is 0 Å². The van der Waals surface area contributed by atoms with Crippen LogP contribution in [0.3, 0.4) is 0 Å². The third kappa shape index (κ3) is 16.5. The number of carbonyl (C=O) groups is 4. The number of nitriles is 1. The summed E-state index contributed by atoms with van der Waals surface area (Å²) in [5.74, 6) is 0.639. The number of nitrogens with zero attached hydrogens (tertiary/aromatic N) is 1. The number of hydrogen-bond acceptors (Lipinski definition) is 10. The van der Waals surface area contributed by atoms with Gasteiger partial charge in [-0.05, 0) is 127 Å². The number of ether oxygens (including phenoxy) is 5. The van der Waals surface area contributed by atoms with Gasteiger partial charge in [-0.2, -0.15) is 5.26 Å². The van der Waals surface area contributed by atoms with E-state index >= 15 is 0 Å². The van der Waals surface area contributed by atoms with Crippen LogP contribution >= 0.6 is 0 Å². The van der Waals surface area contributed by atoms with Crippen LogP contribution in [-0.4, -0.2) is 43.5 Å². The number of esters is 3. The predicted octanol–water partition coefficient (Wildman–Crippen LogP) is 11.1. The molecule has 0 aliphatic rings. The minimum Gasteiger partial charge on any atom is -0.494 e. The summed E-state index contributed by atoms with van der Waals surface area (Å²) >= 11 is 0. The smallest absolute Gasteiger partial charge is 0.343 e. The van der Waals surface area contributed by atoms with Crippen molar-refractivity contribution >= 4 is 23.7 Å². The molecule has 0 spiro atoms. The van der Waals surface area contributed by atoms with Crippen molar-refractivity contribution < 1.29 is 42.9 Å². The quantitative estimate of drug-likeness (QED) is 0.0218. The van der Waals surface area contributed by atoms with Crippen LogP contribution in [0.1, 0.15) is 90.1 Å². The fourth-order valence-corrected chi connectivity index (χ4v) is 5.71. The van der Waals surface area contributed by atoms with E-state index in [-0.39, 0.29) is 5.78 Å². The maximum absolute atomic E-state index is 12.9. The minimum absolute atomic E-state index is 0.122. The van der Waals surface area contributed by atoms with Crippen molar-refractivity contribution in [2.45, 2.75) is 58.3 Å². The Balaban J connectivity index is 0.000000357. The summed E-state index contributed by atoms with van der Waals surface area (Å²) in [6.07, 6.45) is 10.9. The van der Waals surface area contributed by atoms with Crippen molar-refractivity contribution in [2.75, 3.05) is 19.8 Å². The summed E-state index contributed by atoms with van der Waals surface area (Å²) in [6.45, 7) is 10.3. The molecule has 0 amide bonds. The van der Waals surface area contributed by atoms with Gasteiger partial charge in [-0.1, -0.05) is 76.5 Å². The van der Waals surface area contributed by atoms with E-state index in [0.717, 1.165) is 35.4 Å². The molecule has 0 fully saturated rings. The molecule has 0 atom stereocenters. The molecular formula is C51H51NO9. The number of carbonyl (C=O) groups excluding carboxylic acids is 4. The van der Waals surface area contributed by atoms with Gasteiger partial charge in [-0.3, -0.25) is 4.79 Å². The Kier molecular flexibility index (Phi) is 19.8. The summed E-state index contributed by atoms with van der Waals surface area (Å²) in [4.78, 5) is 47.5. The topological polar surface area (TPSA) is 138 Å². The first-order valence-electron chi connectivity index (χ1n) is 20.3. The molecule has 0 saturated carbocycles. The molecule has 5 aromatic rings. The molecule has 0 radical (unpaired) electrons. The summed E-state index contributed by atoms with van der Waals surface area (Å²) in [7, 11) is 0. The van der Waals surface area contributed by atoms with Crippen LogP contribution < -0.4 is 18.9 Å². The first kappa shape index (κ1) is 46.4. The monoisotopic (exact) mass is 821 g/mol. The van der Waals surface area contributed by atoms with Crippen molar-refractivity contribution in [3.8, 4) is 40.2 Å². The van der Waals surface area contributed by atoms with E-state index in [2.05, 4.69) is 26.2 Å². The van der Waals surface area contributed by atoms with E-state index in [1.54, 1.807) is 84.9 Å². The standard InChI is InChI=1S/C35H40O7.C16H11NO2/c1-3-5-6-7-8-9-24-39-30-18-12-27(13-19-30)34(37)28-14-22-32(23-15-28)42-35(38)29-16-20-31(21-17-29)40-25-10-11-26-41-33(36)4-2;1-2-16(18)19-15-9-7-14(8-10-15)13-5-3-12(11-17)4-6-13/h4,12-23H,2-3,5-11,24-26H2,1H3;2-10H,1H2. The van der Waals surface area contributed by atoms with E-state index in [1.165, 1.54) is 32.1 Å². The lowest BCUT2D eigenvalue weighted by molar-refractivity contribution is -0.138. The van der Waals surface area contributed by atoms with Gasteiger partial charge in [-0.25, -0.2) is 14.4 Å². The predicted molar refractivity (Wildman–Crippen MR) is 235 cm³/mol. The number of unbranched alkanes of at least 4 members (excludes halogenated alkanes) is 6. The second-order valence-corrected chi connectivity index (χ2v) is 13.7. The molecule has 0 aliphatic carbocycles. The van der Waals surface area contributed by atoms with E-state index < -0.39 is 17.9 Å². The van der Waals surface area contributed by atoms with Gasteiger partial charge in [0.05, 0.1) is 37.0 Å². The molecule has 0 aromatic heterocycles. The van der Waals surface area contributed by atoms with Crippen molar-refractivity contribution in [1.82, 2.24) is 0 Å². The Labute approximate surface area is 358 Å². The van der Waals surface area contributed by atoms with Crippen molar-refractivity contribution in [3.05, 3.63) is 169 Å². The van der Waals surface area contributed by atoms with Gasteiger partial charge in [0.25, 0.3) is 0 Å². The normalized spacial score (nSPS) is 10.2. The number of ketones is 1. The van der Waals surface area contributed by atoms with Crippen LogP contribution in [0.15, 0.2) is 147 Å². The third-order valence-corrected chi connectivity index (χ3v) is 9.11. The zero-order chi connectivity index (χ0) is 43.7. The van der Waals surface area contributed by atoms with Crippen LogP contribution in [-0.2, 0) is 14.3 Å². The van der Waals surface area contributed by atoms with Crippen molar-refractivity contribution in [1.29, 1.82) is 5.26 Å². The van der Waals surface area contributed by atoms with Gasteiger partial charge in [0, 0.05) is 23.3 Å². The molecular weight excluding hydrogens is 771 g/mol. The van der Waals surface area contributed by atoms with E-state index in [0.29, 0.717) is 72.2 Å². The lowest BCUT2D eigenvalue weighted by atomic mass is 10.0. The van der Waals surface area contributed by atoms with E-state index in [4.69, 9.17) is 28.9 Å². The summed E-state index contributed by atoms with van der Waals surface area (Å²) < 4.78 is 26.8. The molecule has 0 unspecified atom stereocenters. The molecule has 314 valence electrons. The Morgan fingerprint density at radius 1 is 0.508 bits per heavy atom. The highest BCUT2D eigenvalue weighted by Crippen LogP contribution is 2.24. The summed E-state index contributed by atoms with van der Waals surface area (Å²) in [5, 5.41) is 8.74. The molecule has 0 saturated heterocycles. The second-order valence-electron chi connectivity index (χ2n) is 13.7. The Morgan fingerprint density at radius 2 is 0.934 bits per heavy atom. The highest BCUT2D eigenvalue weighted by Gasteiger charge is 2.13. The number of benzene rings is 5. The van der Waals surface area contributed by atoms with Gasteiger partial charge in [0.15, 0.2) is 5.78 Å². The first-order valence-corrected chi connectivity index (χ1v) is 20.3. The average molecular weight is 822 g/mol. The number of hydrogen-bond donors (Lipinski definition) is 0. The molecule has 0 heterocycles. The fraction of sp³-hybridized carbons (Fsp3) is 0.235. The average Bonchev–Trinajstić information content (AvgIpc) is 3.30. The number of rotatable bonds is 22. The molecule has 5 rings (SSSR count). The largest absolute Gasteiger partial charge is 0.494 e. The van der Waals surface area contributed by atoms with Crippen LogP contribution in [0, 0.1) is 11.3 Å². The molecule has 5 aromatic carbocycles. The summed E-state index contributed by atoms with van der Waals surface area (Å²) in [6, 6.07) is 36.8. The van der Waals surface area contributed by atoms with Crippen LogP contribution in [0.25, 0.3) is 11.1 Å². The highest BCUT2D eigenvalue weighted by atomic mass is 16.5. The lowest BCUT2D eigenvalue weighted by Gasteiger charge is -2.09. The molecule has 10 nitrogen and oxygen atoms in total. The van der Waals surface area contributed by atoms with Crippen LogP contribution in [0.2, 0.25) is 0 Å². The lowest BCUT2D eigenvalue weighted by Crippen LogP contribution is -2.09. The molecule has 61 heavy (non-hydrogen) atoms. The van der Waals surface area contributed by atoms with Crippen LogP contribution in [0.4, 0.5) is 0 Å². The Morgan fingerprint density at radius 3 is 1.46 bits per heavy atom. The Hall–Kier alpha value is -7.25. The fourth-order valence-electron chi connectivity index (χ4n) is 5.71. The van der Waals surface area contributed by atoms with E-state index in [9.17, 15) is 19.2 Å². The molecule has 0 N–H and O–H groups in total. The third-order valence-electron chi connectivity index (χ3n) is 9.11. The zero-order valence-corrected chi connectivity index (χ0v) is 34.5. The van der Waals surface area contributed by atoms with Gasteiger partial charge < -0.3 is 23.7 Å². The molecule has 10 heteroatoms. The molecule has 0 aliphatic heterocycles. The van der Waals surface area contributed by atoms with E-state index in [1.807, 2.05) is 36.4 Å². The zero-order valence-electron chi connectivity index (χ0n) is 34.5. The Bertz CT molecular complexity index is 2200. The SMILES string of the molecule is C=CC(=O)OCCCCOc1ccc(C(=O)Oc2ccc(C(=O)c3ccc(OCCCCCCCC)cc3)cc2)cc1.C=CC(=O)Oc1ccc(-c2ccc(C#N)cc2)cc1. The maximum Gasteiger partial charge on any atom is 0.343 e. The minimum atomic E-state index is -0.513. The second kappa shape index (κ2) is 26.0. The van der Waals surface area contributed by atoms with Crippen LogP contribution in [0.5, 0.6) is 23.0 Å². The highest BCUT2D eigenvalue weighted by molar-refractivity contribution is 6.09. The summed E-state index contributed by atoms with van der Waals surface area (Å²) in [5.41, 5.74) is 4.04.